The zero-order valence-electron chi connectivity index (χ0n) is 7.58. The first kappa shape index (κ1) is 10.3. The molecule has 2 rings (SSSR count). The fraction of sp³-hybridized carbons (Fsp3) is 0.200. The van der Waals surface area contributed by atoms with E-state index in [0.29, 0.717) is 11.1 Å². The Morgan fingerprint density at radius 1 is 1.57 bits per heavy atom. The first-order valence-electron chi connectivity index (χ1n) is 4.10. The molecule has 0 aliphatic heterocycles. The van der Waals surface area contributed by atoms with Gasteiger partial charge in [-0.3, -0.25) is 0 Å². The smallest absolute Gasteiger partial charge is 0.122 e. The Kier molecular flexibility index (Phi) is 3.04. The Labute approximate surface area is 99.3 Å². The van der Waals surface area contributed by atoms with Crippen molar-refractivity contribution in [2.45, 2.75) is 10.2 Å². The van der Waals surface area contributed by atoms with Gasteiger partial charge in [-0.15, -0.1) is 23.1 Å². The number of phenols is 1. The quantitative estimate of drug-likeness (QED) is 0.659. The van der Waals surface area contributed by atoms with Crippen molar-refractivity contribution < 1.29 is 5.11 Å². The van der Waals surface area contributed by atoms with Gasteiger partial charge in [0.1, 0.15) is 5.75 Å². The maximum absolute atomic E-state index is 9.80. The average molecular weight is 289 g/mol. The SMILES string of the molecule is CSc1cc(O)c(CBr)c2sccc12. The van der Waals surface area contributed by atoms with Gasteiger partial charge in [0.2, 0.25) is 0 Å². The molecule has 1 aromatic heterocycles. The Balaban J connectivity index is 2.81. The van der Waals surface area contributed by atoms with E-state index in [-0.39, 0.29) is 0 Å². The lowest BCUT2D eigenvalue weighted by Crippen LogP contribution is -1.82. The molecule has 0 unspecified atom stereocenters. The van der Waals surface area contributed by atoms with Gasteiger partial charge in [0.25, 0.3) is 0 Å². The number of thiophene rings is 1. The molecular weight excluding hydrogens is 280 g/mol. The van der Waals surface area contributed by atoms with Crippen LogP contribution in [0.3, 0.4) is 0 Å². The highest BCUT2D eigenvalue weighted by Crippen LogP contribution is 2.38. The van der Waals surface area contributed by atoms with Gasteiger partial charge in [0, 0.05) is 25.9 Å². The lowest BCUT2D eigenvalue weighted by Gasteiger charge is -2.06. The number of hydrogen-bond donors (Lipinski definition) is 1. The average Bonchev–Trinajstić information content (AvgIpc) is 2.65. The second-order valence-corrected chi connectivity index (χ2v) is 5.20. The predicted molar refractivity (Wildman–Crippen MR) is 67.9 cm³/mol. The lowest BCUT2D eigenvalue weighted by atomic mass is 10.1. The highest BCUT2D eigenvalue weighted by atomic mass is 79.9. The Hall–Kier alpha value is -0.190. The van der Waals surface area contributed by atoms with E-state index in [1.165, 1.54) is 10.1 Å². The molecule has 0 saturated heterocycles. The van der Waals surface area contributed by atoms with Crippen LogP contribution in [-0.4, -0.2) is 11.4 Å². The molecule has 74 valence electrons. The van der Waals surface area contributed by atoms with Crippen molar-refractivity contribution in [2.75, 3.05) is 6.26 Å². The fourth-order valence-corrected chi connectivity index (χ4v) is 3.84. The minimum atomic E-state index is 0.390. The van der Waals surface area contributed by atoms with Gasteiger partial charge in [-0.25, -0.2) is 0 Å². The van der Waals surface area contributed by atoms with Crippen LogP contribution < -0.4 is 0 Å². The summed E-state index contributed by atoms with van der Waals surface area (Å²) in [5, 5.41) is 13.8. The second-order valence-electron chi connectivity index (χ2n) is 2.87. The first-order valence-corrected chi connectivity index (χ1v) is 7.32. The number of phenolic OH excluding ortho intramolecular Hbond substituents is 1. The molecule has 0 aliphatic rings. The third kappa shape index (κ3) is 1.55. The highest BCUT2D eigenvalue weighted by Gasteiger charge is 2.11. The summed E-state index contributed by atoms with van der Waals surface area (Å²) in [5.74, 6) is 0.390. The first-order chi connectivity index (χ1) is 6.77. The van der Waals surface area contributed by atoms with Gasteiger partial charge in [-0.05, 0) is 23.8 Å². The van der Waals surface area contributed by atoms with Crippen molar-refractivity contribution in [1.82, 2.24) is 0 Å². The maximum atomic E-state index is 9.80. The molecule has 0 amide bonds. The van der Waals surface area contributed by atoms with Crippen molar-refractivity contribution in [1.29, 1.82) is 0 Å². The molecule has 0 bridgehead atoms. The van der Waals surface area contributed by atoms with Crippen LogP contribution in [0.1, 0.15) is 5.56 Å². The molecule has 0 saturated carbocycles. The molecule has 1 nitrogen and oxygen atoms in total. The monoisotopic (exact) mass is 288 g/mol. The number of rotatable bonds is 2. The molecule has 1 heterocycles. The summed E-state index contributed by atoms with van der Waals surface area (Å²) in [7, 11) is 0. The second kappa shape index (κ2) is 4.13. The summed E-state index contributed by atoms with van der Waals surface area (Å²) >= 11 is 6.75. The van der Waals surface area contributed by atoms with Crippen LogP contribution in [0.4, 0.5) is 0 Å². The molecular formula is C10H9BrOS2. The molecule has 0 spiro atoms. The zero-order chi connectivity index (χ0) is 10.1. The largest absolute Gasteiger partial charge is 0.508 e. The van der Waals surface area contributed by atoms with Crippen molar-refractivity contribution in [3.8, 4) is 5.75 Å². The number of hydrogen-bond acceptors (Lipinski definition) is 3. The van der Waals surface area contributed by atoms with E-state index in [2.05, 4.69) is 27.4 Å². The van der Waals surface area contributed by atoms with E-state index in [0.717, 1.165) is 10.5 Å². The molecule has 1 aromatic carbocycles. The van der Waals surface area contributed by atoms with Crippen LogP contribution in [-0.2, 0) is 5.33 Å². The Bertz CT molecular complexity index is 464. The van der Waals surface area contributed by atoms with Crippen LogP contribution in [0.25, 0.3) is 10.1 Å². The number of alkyl halides is 1. The van der Waals surface area contributed by atoms with Crippen LogP contribution in [0.15, 0.2) is 22.4 Å². The normalized spacial score (nSPS) is 11.0. The predicted octanol–water partition coefficient (Wildman–Crippen LogP) is 4.22. The molecule has 0 fully saturated rings. The molecule has 4 heteroatoms. The molecule has 1 N–H and O–H groups in total. The van der Waals surface area contributed by atoms with E-state index in [9.17, 15) is 5.11 Å². The maximum Gasteiger partial charge on any atom is 0.122 e. The topological polar surface area (TPSA) is 20.2 Å². The van der Waals surface area contributed by atoms with Crippen LogP contribution in [0, 0.1) is 0 Å². The summed E-state index contributed by atoms with van der Waals surface area (Å²) in [6.07, 6.45) is 2.03. The van der Waals surface area contributed by atoms with Gasteiger partial charge in [0.15, 0.2) is 0 Å². The molecule has 2 aromatic rings. The van der Waals surface area contributed by atoms with E-state index < -0.39 is 0 Å². The third-order valence-corrected chi connectivity index (χ3v) is 4.45. The summed E-state index contributed by atoms with van der Waals surface area (Å²) in [4.78, 5) is 1.14. The van der Waals surface area contributed by atoms with Crippen LogP contribution in [0.2, 0.25) is 0 Å². The van der Waals surface area contributed by atoms with Crippen molar-refractivity contribution in [3.63, 3.8) is 0 Å². The van der Waals surface area contributed by atoms with Gasteiger partial charge in [-0.2, -0.15) is 0 Å². The van der Waals surface area contributed by atoms with E-state index in [4.69, 9.17) is 0 Å². The van der Waals surface area contributed by atoms with Crippen molar-refractivity contribution in [2.24, 2.45) is 0 Å². The summed E-state index contributed by atoms with van der Waals surface area (Å²) < 4.78 is 1.19. The van der Waals surface area contributed by atoms with Crippen LogP contribution >= 0.6 is 39.0 Å². The Morgan fingerprint density at radius 3 is 3.00 bits per heavy atom. The standard InChI is InChI=1S/C10H9BrOS2/c1-13-9-4-8(12)7(5-11)10-6(9)2-3-14-10/h2-4,12H,5H2,1H3. The third-order valence-electron chi connectivity index (χ3n) is 2.14. The van der Waals surface area contributed by atoms with Gasteiger partial charge in [-0.1, -0.05) is 15.9 Å². The minimum absolute atomic E-state index is 0.390. The van der Waals surface area contributed by atoms with Gasteiger partial charge >= 0.3 is 0 Å². The molecule has 0 radical (unpaired) electrons. The Morgan fingerprint density at radius 2 is 2.36 bits per heavy atom. The number of thioether (sulfide) groups is 1. The van der Waals surface area contributed by atoms with Gasteiger partial charge in [0.05, 0.1) is 0 Å². The van der Waals surface area contributed by atoms with Crippen LogP contribution in [0.5, 0.6) is 5.75 Å². The highest BCUT2D eigenvalue weighted by molar-refractivity contribution is 9.08. The van der Waals surface area contributed by atoms with Crippen molar-refractivity contribution >= 4 is 49.1 Å². The molecule has 0 aliphatic carbocycles. The zero-order valence-corrected chi connectivity index (χ0v) is 10.8. The molecule has 14 heavy (non-hydrogen) atoms. The molecule has 0 atom stereocenters. The number of benzene rings is 1. The summed E-state index contributed by atoms with van der Waals surface area (Å²) in [6, 6.07) is 3.95. The van der Waals surface area contributed by atoms with E-state index in [1.54, 1.807) is 23.1 Å². The number of aromatic hydroxyl groups is 1. The van der Waals surface area contributed by atoms with Gasteiger partial charge < -0.3 is 5.11 Å². The van der Waals surface area contributed by atoms with E-state index >= 15 is 0 Å². The van der Waals surface area contributed by atoms with Crippen molar-refractivity contribution in [3.05, 3.63) is 23.1 Å². The van der Waals surface area contributed by atoms with E-state index in [1.807, 2.05) is 12.3 Å². The fourth-order valence-electron chi connectivity index (χ4n) is 1.44. The summed E-state index contributed by atoms with van der Waals surface area (Å²) in [6.45, 7) is 0. The lowest BCUT2D eigenvalue weighted by molar-refractivity contribution is 0.470. The number of halogens is 1. The summed E-state index contributed by atoms with van der Waals surface area (Å²) in [5.41, 5.74) is 0.993. The minimum Gasteiger partial charge on any atom is -0.508 e. The number of fused-ring (bicyclic) bond motifs is 1.